The van der Waals surface area contributed by atoms with Gasteiger partial charge in [-0.1, -0.05) is 183 Å². The summed E-state index contributed by atoms with van der Waals surface area (Å²) in [6.45, 7) is 20.1. The maximum Gasteiger partial charge on any atom is 0.308 e. The number of para-hydroxylation sites is 3. The predicted molar refractivity (Wildman–Crippen MR) is 495 cm³/mol. The molecule has 1 saturated heterocycles. The van der Waals surface area contributed by atoms with Gasteiger partial charge in [-0.3, -0.25) is 38.4 Å². The van der Waals surface area contributed by atoms with Crippen LogP contribution in [0.2, 0.25) is 0 Å². The van der Waals surface area contributed by atoms with Crippen LogP contribution in [0.1, 0.15) is 145 Å². The number of fused-ring (bicyclic) bond motifs is 4. The lowest BCUT2D eigenvalue weighted by molar-refractivity contribution is -0.117. The van der Waals surface area contributed by atoms with Gasteiger partial charge in [-0.2, -0.15) is 26.5 Å². The van der Waals surface area contributed by atoms with E-state index in [-0.39, 0.29) is 76.4 Å². The Kier molecular flexibility index (Phi) is 26.6. The Morgan fingerprint density at radius 2 is 1.16 bits per heavy atom. The first-order valence-electron chi connectivity index (χ1n) is 41.0. The molecule has 10 aromatic carbocycles. The van der Waals surface area contributed by atoms with Crippen LogP contribution in [0.3, 0.4) is 0 Å². The molecule has 28 nitrogen and oxygen atoms in total. The summed E-state index contributed by atoms with van der Waals surface area (Å²) in [5, 5.41) is 31.6. The van der Waals surface area contributed by atoms with Crippen LogP contribution in [-0.4, -0.2) is 97.9 Å². The number of hydrogen-bond donors (Lipinski definition) is 5. The number of benzene rings is 10. The molecule has 0 saturated carbocycles. The molecule has 0 spiro atoms. The molecule has 2 aliphatic rings. The Bertz CT molecular complexity index is 7260. The standard InChI is InChI=1S/C29H20N6S.C25H26N2O5S.C23H15FN4O6S.C21H28N2O3S/c30-18-23-21-14-9-15-22(21)28(35-25-17-8-7-16-24(25)31-27(23)35)36-29-33-32-26(19-10-3-1-4-11-19)34(29)20-12-5-2-6-13-20;1-17-5-7-19(8-6-17)24(30)27(26-23(29)18-9-13-21(28)14-10-18)33(31,32)22-15-11-20(12-16-22)25(2,3)4;24-15-2-1-3-16(12-15)28-22(30)19(21(29)26-28)13-17-6-9-20(34-17)14-4-7-18(8-5-14)35(31,32)27-23-25-10-11-33-23;1-20(2,3)16-9-7-15(8-10-16)19(24)23(22)27(25,26)18-13-11-17(12-14-18)21(4,5)6/h1-8,10-13,16-17H,9,14-15H2;5-16,28H,1-4H3,(H,26,29);1-13H,(H,25,27)(H,26,29);7-14H,22H2,1-6H3/b;;19-13-;. The molecule has 5 amide bonds. The zero-order valence-corrected chi connectivity index (χ0v) is 75.8. The second-order valence-electron chi connectivity index (χ2n) is 33.5. The van der Waals surface area contributed by atoms with Crippen LogP contribution in [0.15, 0.2) is 319 Å². The number of carbonyl (C=O) groups is 5. The number of hydrazine groups is 3. The van der Waals surface area contributed by atoms with Crippen molar-refractivity contribution in [3.05, 3.63) is 352 Å². The normalized spacial score (nSPS) is 13.1. The van der Waals surface area contributed by atoms with Crippen molar-refractivity contribution in [2.24, 2.45) is 5.84 Å². The van der Waals surface area contributed by atoms with E-state index in [9.17, 15) is 64.0 Å². The minimum Gasteiger partial charge on any atom is -0.508 e. The van der Waals surface area contributed by atoms with Crippen molar-refractivity contribution in [3.63, 3.8) is 0 Å². The van der Waals surface area contributed by atoms with Gasteiger partial charge in [-0.25, -0.2) is 43.8 Å². The fourth-order valence-corrected chi connectivity index (χ4v) is 18.5. The number of pyridine rings is 1. The highest BCUT2D eigenvalue weighted by molar-refractivity contribution is 7.99. The third kappa shape index (κ3) is 20.5. The first-order chi connectivity index (χ1) is 62.3. The topological polar surface area (TPSA) is 391 Å². The Hall–Kier alpha value is -15.0. The zero-order chi connectivity index (χ0) is 93.7. The van der Waals surface area contributed by atoms with Crippen LogP contribution < -0.4 is 26.4 Å². The third-order valence-electron chi connectivity index (χ3n) is 21.3. The van der Waals surface area contributed by atoms with Gasteiger partial charge in [0.15, 0.2) is 11.5 Å². The summed E-state index contributed by atoms with van der Waals surface area (Å²) in [4.78, 5) is 72.0. The third-order valence-corrected chi connectivity index (χ3v) is 26.8. The van der Waals surface area contributed by atoms with Crippen molar-refractivity contribution >= 4 is 106 Å². The van der Waals surface area contributed by atoms with E-state index in [0.29, 0.717) is 25.7 Å². The minimum absolute atomic E-state index is 0.0148. The highest BCUT2D eigenvalue weighted by atomic mass is 32.2. The number of nitrogens with two attached hydrogens (primary N) is 1. The van der Waals surface area contributed by atoms with Gasteiger partial charge in [0.2, 0.25) is 5.16 Å². The lowest BCUT2D eigenvalue weighted by Crippen LogP contribution is -2.49. The van der Waals surface area contributed by atoms with Crippen LogP contribution in [-0.2, 0) is 68.7 Å². The Balaban J connectivity index is 0.000000142. The highest BCUT2D eigenvalue weighted by Crippen LogP contribution is 2.43. The Morgan fingerprint density at radius 3 is 1.76 bits per heavy atom. The number of nitrogens with one attached hydrogen (secondary N) is 3. The summed E-state index contributed by atoms with van der Waals surface area (Å²) in [7, 11) is -12.4. The van der Waals surface area contributed by atoms with Crippen LogP contribution in [0.4, 0.5) is 16.1 Å². The van der Waals surface area contributed by atoms with Crippen molar-refractivity contribution < 1.29 is 67.6 Å². The molecule has 0 bridgehead atoms. The number of carbonyl (C=O) groups excluding carboxylic acids is 5. The van der Waals surface area contributed by atoms with E-state index in [1.165, 1.54) is 115 Å². The number of furan rings is 1. The summed E-state index contributed by atoms with van der Waals surface area (Å²) in [5.41, 5.74) is 16.7. The number of rotatable bonds is 17. The van der Waals surface area contributed by atoms with Gasteiger partial charge in [-0.05, 0) is 240 Å². The number of hydrogen-bond acceptors (Lipinski definition) is 21. The van der Waals surface area contributed by atoms with E-state index >= 15 is 0 Å². The van der Waals surface area contributed by atoms with E-state index in [0.717, 1.165) is 102 Å². The molecule has 5 aromatic heterocycles. The smallest absolute Gasteiger partial charge is 0.308 e. The number of halogens is 1. The number of oxazole rings is 1. The molecule has 666 valence electrons. The molecule has 6 heterocycles. The lowest BCUT2D eigenvalue weighted by Gasteiger charge is -2.24. The molecule has 1 fully saturated rings. The van der Waals surface area contributed by atoms with Gasteiger partial charge < -0.3 is 13.9 Å². The minimum atomic E-state index is -4.43. The molecule has 15 aromatic rings. The van der Waals surface area contributed by atoms with Crippen molar-refractivity contribution in [2.45, 2.75) is 130 Å². The molecular formula is C98H89FN14O14S4. The highest BCUT2D eigenvalue weighted by Gasteiger charge is 2.38. The molecule has 0 atom stereocenters. The fourth-order valence-electron chi connectivity index (χ4n) is 14.1. The van der Waals surface area contributed by atoms with E-state index in [2.05, 4.69) is 96.9 Å². The maximum absolute atomic E-state index is 13.5. The van der Waals surface area contributed by atoms with Crippen LogP contribution in [0.5, 0.6) is 5.75 Å². The van der Waals surface area contributed by atoms with E-state index in [1.54, 1.807) is 84.6 Å². The van der Waals surface area contributed by atoms with E-state index in [1.807, 2.05) is 115 Å². The van der Waals surface area contributed by atoms with Gasteiger partial charge >= 0.3 is 6.01 Å². The summed E-state index contributed by atoms with van der Waals surface area (Å²) < 4.78 is 108. The number of sulfonamides is 3. The quantitative estimate of drug-likeness (QED) is 0.0186. The van der Waals surface area contributed by atoms with Crippen LogP contribution in [0, 0.1) is 24.1 Å². The predicted octanol–water partition coefficient (Wildman–Crippen LogP) is 17.7. The van der Waals surface area contributed by atoms with Crippen LogP contribution >= 0.6 is 11.8 Å². The van der Waals surface area contributed by atoms with Gasteiger partial charge in [0.25, 0.3) is 59.6 Å². The van der Waals surface area contributed by atoms with E-state index < -0.39 is 65.4 Å². The second-order valence-corrected chi connectivity index (χ2v) is 39.7. The summed E-state index contributed by atoms with van der Waals surface area (Å²) in [5.74, 6) is 2.70. The van der Waals surface area contributed by atoms with Gasteiger partial charge in [0, 0.05) is 33.5 Å². The molecule has 1 aliphatic carbocycles. The van der Waals surface area contributed by atoms with Gasteiger partial charge in [-0.15, -0.1) is 14.6 Å². The van der Waals surface area contributed by atoms with Gasteiger partial charge in [0.05, 0.1) is 48.2 Å². The first-order valence-corrected chi connectivity index (χ1v) is 46.2. The van der Waals surface area contributed by atoms with Gasteiger partial charge in [0.1, 0.15) is 41.0 Å². The molecule has 6 N–H and O–H groups in total. The second kappa shape index (κ2) is 37.8. The maximum atomic E-state index is 13.5. The van der Waals surface area contributed by atoms with Crippen LogP contribution in [0.25, 0.3) is 51.2 Å². The average Bonchev–Trinajstić information content (AvgIpc) is 1.58. The number of amides is 5. The number of aromatic nitrogens is 6. The SMILES string of the molecule is CC(C)(C)c1ccc(C(=O)N(N)S(=O)(=O)c2ccc(C(C)(C)C)cc2)cc1.Cc1ccc(C(=O)N(NC(=O)c2ccc(O)cc2)S(=O)(=O)c2ccc(C(C)(C)C)cc2)cc1.N#Cc1c2c(c(Sc3nnc(-c4ccccc4)n3-c3ccccc3)n3c1nc1ccccc13)CCC2.O=C1NN(c2cccc(F)c2)C(=O)/C1=C\c1ccc(-c2ccc(S(=O)(=O)Nc3ncco3)cc2)o1. The Labute approximate surface area is 760 Å². The molecule has 131 heavy (non-hydrogen) atoms. The molecule has 0 radical (unpaired) electrons. The van der Waals surface area contributed by atoms with Crippen molar-refractivity contribution in [1.29, 1.82) is 5.26 Å². The number of aryl methyl sites for hydroxylation is 1. The largest absolute Gasteiger partial charge is 0.508 e. The monoisotopic (exact) mass is 1830 g/mol. The van der Waals surface area contributed by atoms with Crippen molar-refractivity contribution in [3.8, 4) is 40.2 Å². The number of nitriles is 1. The first kappa shape index (κ1) is 92.2. The lowest BCUT2D eigenvalue weighted by atomic mass is 9.87. The summed E-state index contributed by atoms with van der Waals surface area (Å²) >= 11 is 1.60. The molecule has 1 aliphatic heterocycles. The van der Waals surface area contributed by atoms with Crippen molar-refractivity contribution in [2.75, 3.05) is 9.73 Å². The average molecular weight is 1830 g/mol. The zero-order valence-electron chi connectivity index (χ0n) is 72.6. The number of nitrogens with zero attached hydrogens (tertiary/aromatic N) is 10. The molecule has 33 heteroatoms. The van der Waals surface area contributed by atoms with E-state index in [4.69, 9.17) is 19.7 Å². The number of anilines is 2. The summed E-state index contributed by atoms with van der Waals surface area (Å²) in [6.07, 6.45) is 6.69. The molecule has 0 unspecified atom stereocenters. The summed E-state index contributed by atoms with van der Waals surface area (Å²) in [6, 6.07) is 76.0. The number of phenolic OH excluding ortho intramolecular Hbond substituents is 1. The Morgan fingerprint density at radius 1 is 0.611 bits per heavy atom. The molecule has 17 rings (SSSR count). The number of imidazole rings is 1. The number of aromatic hydroxyl groups is 1. The fraction of sp³-hybridized carbons (Fsp3) is 0.163. The molecular weight excluding hydrogens is 1740 g/mol. The number of phenols is 1. The van der Waals surface area contributed by atoms with Crippen molar-refractivity contribution in [1.82, 2.24) is 48.8 Å².